The van der Waals surface area contributed by atoms with E-state index in [4.69, 9.17) is 4.42 Å². The molecule has 104 valence electrons. The van der Waals surface area contributed by atoms with Crippen molar-refractivity contribution in [3.8, 4) is 0 Å². The van der Waals surface area contributed by atoms with E-state index in [1.807, 2.05) is 0 Å². The highest BCUT2D eigenvalue weighted by Gasteiger charge is 2.37. The lowest BCUT2D eigenvalue weighted by Gasteiger charge is -2.26. The third kappa shape index (κ3) is 2.42. The lowest BCUT2D eigenvalue weighted by Crippen LogP contribution is -2.49. The van der Waals surface area contributed by atoms with Crippen molar-refractivity contribution in [1.29, 1.82) is 0 Å². The van der Waals surface area contributed by atoms with Gasteiger partial charge in [0.05, 0.1) is 6.26 Å². The number of rotatable bonds is 4. The van der Waals surface area contributed by atoms with Gasteiger partial charge in [-0.05, 0) is 25.5 Å². The van der Waals surface area contributed by atoms with Crippen molar-refractivity contribution in [1.82, 2.24) is 5.32 Å². The predicted molar refractivity (Wildman–Crippen MR) is 72.3 cm³/mol. The summed E-state index contributed by atoms with van der Waals surface area (Å²) in [6.07, 6.45) is 1.39. The van der Waals surface area contributed by atoms with Crippen LogP contribution < -0.4 is 5.32 Å². The van der Waals surface area contributed by atoms with Crippen molar-refractivity contribution in [2.45, 2.75) is 19.4 Å². The predicted octanol–water partition coefficient (Wildman–Crippen LogP) is 2.32. The van der Waals surface area contributed by atoms with Gasteiger partial charge >= 0.3 is 5.97 Å². The fourth-order valence-corrected chi connectivity index (χ4v) is 1.91. The Kier molecular flexibility index (Phi) is 3.61. The second kappa shape index (κ2) is 5.21. The molecule has 1 atom stereocenters. The van der Waals surface area contributed by atoms with Crippen LogP contribution in [0, 0.1) is 6.92 Å². The second-order valence-corrected chi connectivity index (χ2v) is 4.68. The molecular formula is C15H15NO4. The molecule has 5 heteroatoms. The van der Waals surface area contributed by atoms with Crippen LogP contribution in [0.15, 0.2) is 47.1 Å². The molecule has 20 heavy (non-hydrogen) atoms. The molecule has 2 aromatic rings. The number of furan rings is 1. The summed E-state index contributed by atoms with van der Waals surface area (Å²) in [4.78, 5) is 23.7. The molecule has 5 nitrogen and oxygen atoms in total. The molecule has 0 aliphatic rings. The molecule has 1 amide bonds. The summed E-state index contributed by atoms with van der Waals surface area (Å²) < 4.78 is 5.08. The summed E-state index contributed by atoms with van der Waals surface area (Å²) in [7, 11) is 0. The molecule has 0 bridgehead atoms. The van der Waals surface area contributed by atoms with Gasteiger partial charge < -0.3 is 14.8 Å². The molecule has 0 aliphatic heterocycles. The Balaban J connectivity index is 2.34. The van der Waals surface area contributed by atoms with E-state index in [1.54, 1.807) is 43.3 Å². The fraction of sp³-hybridized carbons (Fsp3) is 0.200. The summed E-state index contributed by atoms with van der Waals surface area (Å²) >= 11 is 0. The second-order valence-electron chi connectivity index (χ2n) is 4.68. The molecule has 0 saturated heterocycles. The molecule has 1 aromatic heterocycles. The first kappa shape index (κ1) is 13.9. The van der Waals surface area contributed by atoms with Gasteiger partial charge in [0, 0.05) is 5.56 Å². The number of carboxylic acids is 1. The zero-order chi connectivity index (χ0) is 14.8. The lowest BCUT2D eigenvalue weighted by molar-refractivity contribution is -0.144. The molecule has 1 heterocycles. The summed E-state index contributed by atoms with van der Waals surface area (Å²) in [5.74, 6) is -1.57. The minimum Gasteiger partial charge on any atom is -0.479 e. The van der Waals surface area contributed by atoms with E-state index >= 15 is 0 Å². The average Bonchev–Trinajstić information content (AvgIpc) is 2.85. The quantitative estimate of drug-likeness (QED) is 0.896. The number of carbonyl (C=O) groups excluding carboxylic acids is 1. The highest BCUT2D eigenvalue weighted by molar-refractivity contribution is 5.97. The van der Waals surface area contributed by atoms with Crippen LogP contribution in [0.25, 0.3) is 0 Å². The Hall–Kier alpha value is -2.56. The molecule has 0 saturated carbocycles. The number of hydrogen-bond acceptors (Lipinski definition) is 3. The summed E-state index contributed by atoms with van der Waals surface area (Å²) in [6.45, 7) is 3.17. The van der Waals surface area contributed by atoms with E-state index in [2.05, 4.69) is 5.32 Å². The van der Waals surface area contributed by atoms with Gasteiger partial charge in [-0.3, -0.25) is 4.79 Å². The Morgan fingerprint density at radius 2 is 1.85 bits per heavy atom. The van der Waals surface area contributed by atoms with Crippen molar-refractivity contribution in [3.05, 3.63) is 59.5 Å². The SMILES string of the molecule is Cc1ccoc1C(=O)NC(C)(C(=O)O)c1ccccc1. The summed E-state index contributed by atoms with van der Waals surface area (Å²) in [5.41, 5.74) is -0.370. The molecule has 0 spiro atoms. The maximum atomic E-state index is 12.2. The van der Waals surface area contributed by atoms with Crippen LogP contribution in [0.2, 0.25) is 0 Å². The third-order valence-electron chi connectivity index (χ3n) is 3.21. The number of amides is 1. The maximum absolute atomic E-state index is 12.2. The van der Waals surface area contributed by atoms with E-state index in [0.717, 1.165) is 0 Å². The molecule has 0 aliphatic carbocycles. The van der Waals surface area contributed by atoms with Crippen molar-refractivity contribution in [2.75, 3.05) is 0 Å². The topological polar surface area (TPSA) is 79.5 Å². The Labute approximate surface area is 116 Å². The number of hydrogen-bond donors (Lipinski definition) is 2. The minimum atomic E-state index is -1.52. The van der Waals surface area contributed by atoms with E-state index in [9.17, 15) is 14.7 Å². The highest BCUT2D eigenvalue weighted by Crippen LogP contribution is 2.22. The third-order valence-corrected chi connectivity index (χ3v) is 3.21. The lowest BCUT2D eigenvalue weighted by atomic mass is 9.92. The van der Waals surface area contributed by atoms with E-state index in [0.29, 0.717) is 11.1 Å². The van der Waals surface area contributed by atoms with Gasteiger partial charge in [-0.15, -0.1) is 0 Å². The maximum Gasteiger partial charge on any atom is 0.333 e. The van der Waals surface area contributed by atoms with Gasteiger partial charge in [0.1, 0.15) is 0 Å². The van der Waals surface area contributed by atoms with Gasteiger partial charge in [0.25, 0.3) is 5.91 Å². The molecule has 0 fully saturated rings. The van der Waals surface area contributed by atoms with Crippen LogP contribution in [0.5, 0.6) is 0 Å². The van der Waals surface area contributed by atoms with E-state index < -0.39 is 17.4 Å². The summed E-state index contributed by atoms with van der Waals surface area (Å²) in [5, 5.41) is 12.0. The van der Waals surface area contributed by atoms with Crippen LogP contribution in [-0.2, 0) is 10.3 Å². The van der Waals surface area contributed by atoms with E-state index in [-0.39, 0.29) is 5.76 Å². The Morgan fingerprint density at radius 3 is 2.35 bits per heavy atom. The normalized spacial score (nSPS) is 13.5. The number of benzene rings is 1. The van der Waals surface area contributed by atoms with Crippen LogP contribution in [0.3, 0.4) is 0 Å². The van der Waals surface area contributed by atoms with Gasteiger partial charge in [0.2, 0.25) is 0 Å². The summed E-state index contributed by atoms with van der Waals surface area (Å²) in [6, 6.07) is 10.2. The largest absolute Gasteiger partial charge is 0.479 e. The van der Waals surface area contributed by atoms with Gasteiger partial charge in [-0.2, -0.15) is 0 Å². The number of aryl methyl sites for hydroxylation is 1. The molecule has 2 N–H and O–H groups in total. The Morgan fingerprint density at radius 1 is 1.20 bits per heavy atom. The number of aliphatic carboxylic acids is 1. The Bertz CT molecular complexity index is 632. The molecule has 2 rings (SSSR count). The monoisotopic (exact) mass is 273 g/mol. The molecule has 1 unspecified atom stereocenters. The van der Waals surface area contributed by atoms with Crippen molar-refractivity contribution in [2.24, 2.45) is 0 Å². The number of nitrogens with one attached hydrogen (secondary N) is 1. The number of carbonyl (C=O) groups is 2. The van der Waals surface area contributed by atoms with Gasteiger partial charge in [-0.1, -0.05) is 30.3 Å². The van der Waals surface area contributed by atoms with Crippen LogP contribution in [0.1, 0.15) is 28.6 Å². The standard InChI is InChI=1S/C15H15NO4/c1-10-8-9-20-12(10)13(17)16-15(2,14(18)19)11-6-4-3-5-7-11/h3-9H,1-2H3,(H,16,17)(H,18,19). The fourth-order valence-electron chi connectivity index (χ4n) is 1.91. The molecule has 1 aromatic carbocycles. The first-order valence-electron chi connectivity index (χ1n) is 6.10. The van der Waals surface area contributed by atoms with Crippen molar-refractivity contribution in [3.63, 3.8) is 0 Å². The van der Waals surface area contributed by atoms with Crippen LogP contribution in [-0.4, -0.2) is 17.0 Å². The first-order chi connectivity index (χ1) is 9.45. The van der Waals surface area contributed by atoms with Crippen molar-refractivity contribution < 1.29 is 19.1 Å². The minimum absolute atomic E-state index is 0.119. The first-order valence-corrected chi connectivity index (χ1v) is 6.10. The van der Waals surface area contributed by atoms with E-state index in [1.165, 1.54) is 13.2 Å². The zero-order valence-corrected chi connectivity index (χ0v) is 11.2. The van der Waals surface area contributed by atoms with Crippen LogP contribution >= 0.6 is 0 Å². The van der Waals surface area contributed by atoms with Crippen molar-refractivity contribution >= 4 is 11.9 Å². The zero-order valence-electron chi connectivity index (χ0n) is 11.2. The highest BCUT2D eigenvalue weighted by atomic mass is 16.4. The smallest absolute Gasteiger partial charge is 0.333 e. The molecular weight excluding hydrogens is 258 g/mol. The van der Waals surface area contributed by atoms with Crippen LogP contribution in [0.4, 0.5) is 0 Å². The molecule has 0 radical (unpaired) electrons. The van der Waals surface area contributed by atoms with Gasteiger partial charge in [0.15, 0.2) is 11.3 Å². The number of carboxylic acid groups (broad SMARTS) is 1. The average molecular weight is 273 g/mol. The van der Waals surface area contributed by atoms with Gasteiger partial charge in [-0.25, -0.2) is 4.79 Å².